The quantitative estimate of drug-likeness (QED) is 0.619. The minimum absolute atomic E-state index is 0. The second-order valence-corrected chi connectivity index (χ2v) is 1.67. The van der Waals surface area contributed by atoms with Gasteiger partial charge in [-0.15, -0.1) is 0 Å². The SMILES string of the molecule is N.O=C(O)c1ccccc1.[NaH].[NaH]. The molecule has 0 saturated heterocycles. The number of hydrogen-bond acceptors (Lipinski definition) is 2. The molecule has 0 heterocycles. The number of carbonyl (C=O) groups is 1. The molecule has 1 aromatic rings. The van der Waals surface area contributed by atoms with Crippen molar-refractivity contribution in [3.63, 3.8) is 0 Å². The van der Waals surface area contributed by atoms with Gasteiger partial charge in [0.15, 0.2) is 0 Å². The zero-order valence-corrected chi connectivity index (χ0v) is 5.45. The van der Waals surface area contributed by atoms with Gasteiger partial charge in [-0.1, -0.05) is 18.2 Å². The van der Waals surface area contributed by atoms with Gasteiger partial charge in [0, 0.05) is 0 Å². The summed E-state index contributed by atoms with van der Waals surface area (Å²) in [4.78, 5) is 10.2. The first-order chi connectivity index (χ1) is 4.30. The van der Waals surface area contributed by atoms with Crippen LogP contribution in [0.2, 0.25) is 0 Å². The Kier molecular flexibility index (Phi) is 15.0. The molecule has 1 aromatic carbocycles. The van der Waals surface area contributed by atoms with E-state index in [0.29, 0.717) is 5.56 Å². The van der Waals surface area contributed by atoms with Crippen LogP contribution in [0, 0.1) is 0 Å². The number of benzene rings is 1. The Morgan fingerprint density at radius 3 is 1.75 bits per heavy atom. The summed E-state index contributed by atoms with van der Waals surface area (Å²) in [6.45, 7) is 0. The molecule has 0 radical (unpaired) electrons. The third kappa shape index (κ3) is 6.20. The van der Waals surface area contributed by atoms with Crippen molar-refractivity contribution in [2.45, 2.75) is 0 Å². The van der Waals surface area contributed by atoms with Crippen LogP contribution in [-0.4, -0.2) is 70.2 Å². The van der Waals surface area contributed by atoms with Gasteiger partial charge in [-0.2, -0.15) is 0 Å². The Balaban J connectivity index is -0.000000270. The molecular formula is C7H11NNa2O2. The topological polar surface area (TPSA) is 72.3 Å². The average molecular weight is 187 g/mol. The molecule has 1 rings (SSSR count). The second kappa shape index (κ2) is 9.74. The Morgan fingerprint density at radius 2 is 1.50 bits per heavy atom. The van der Waals surface area contributed by atoms with E-state index >= 15 is 0 Å². The van der Waals surface area contributed by atoms with Crippen molar-refractivity contribution < 1.29 is 9.90 Å². The van der Waals surface area contributed by atoms with E-state index < -0.39 is 5.97 Å². The van der Waals surface area contributed by atoms with Gasteiger partial charge in [0.2, 0.25) is 0 Å². The molecule has 0 amide bonds. The molecule has 0 atom stereocenters. The van der Waals surface area contributed by atoms with E-state index in [-0.39, 0.29) is 65.3 Å². The van der Waals surface area contributed by atoms with E-state index in [2.05, 4.69) is 0 Å². The standard InChI is InChI=1S/C7H6O2.H3N.2Na.2H/c8-7(9)6-4-2-1-3-5-6;;;;;/h1-5H,(H,8,9);1H3;;;;. The Hall–Kier alpha value is 0.650. The van der Waals surface area contributed by atoms with E-state index in [4.69, 9.17) is 5.11 Å². The predicted octanol–water partition coefficient (Wildman–Crippen LogP) is 0.250. The Labute approximate surface area is 116 Å². The van der Waals surface area contributed by atoms with E-state index in [9.17, 15) is 4.79 Å². The molecule has 12 heavy (non-hydrogen) atoms. The van der Waals surface area contributed by atoms with Gasteiger partial charge in [-0.3, -0.25) is 0 Å². The molecule has 0 saturated carbocycles. The van der Waals surface area contributed by atoms with Crippen molar-refractivity contribution in [1.29, 1.82) is 0 Å². The van der Waals surface area contributed by atoms with Crippen molar-refractivity contribution >= 4 is 65.1 Å². The van der Waals surface area contributed by atoms with Crippen LogP contribution < -0.4 is 6.15 Å². The summed E-state index contributed by atoms with van der Waals surface area (Å²) in [7, 11) is 0. The van der Waals surface area contributed by atoms with E-state index in [1.807, 2.05) is 0 Å². The van der Waals surface area contributed by atoms with Gasteiger partial charge in [0.05, 0.1) is 5.56 Å². The summed E-state index contributed by atoms with van der Waals surface area (Å²) in [6.07, 6.45) is 0. The third-order valence-electron chi connectivity index (χ3n) is 1.02. The fraction of sp³-hybridized carbons (Fsp3) is 0. The van der Waals surface area contributed by atoms with Crippen LogP contribution in [0.3, 0.4) is 0 Å². The molecule has 0 aromatic heterocycles. The van der Waals surface area contributed by atoms with E-state index in [1.165, 1.54) is 0 Å². The van der Waals surface area contributed by atoms with Gasteiger partial charge in [-0.05, 0) is 12.1 Å². The molecule has 0 fully saturated rings. The molecule has 0 bridgehead atoms. The monoisotopic (exact) mass is 187 g/mol. The van der Waals surface area contributed by atoms with Crippen LogP contribution in [0.15, 0.2) is 30.3 Å². The summed E-state index contributed by atoms with van der Waals surface area (Å²) in [5.74, 6) is -0.879. The van der Waals surface area contributed by atoms with Crippen LogP contribution in [-0.2, 0) is 0 Å². The van der Waals surface area contributed by atoms with Crippen molar-refractivity contribution in [3.8, 4) is 0 Å². The molecule has 3 nitrogen and oxygen atoms in total. The first kappa shape index (κ1) is 18.4. The Bertz CT molecular complexity index is 216. The summed E-state index contributed by atoms with van der Waals surface area (Å²) < 4.78 is 0. The van der Waals surface area contributed by atoms with Gasteiger partial charge in [0.25, 0.3) is 0 Å². The van der Waals surface area contributed by atoms with Crippen LogP contribution in [0.4, 0.5) is 0 Å². The fourth-order valence-electron chi connectivity index (χ4n) is 0.581. The molecule has 0 spiro atoms. The second-order valence-electron chi connectivity index (χ2n) is 1.67. The summed E-state index contributed by atoms with van der Waals surface area (Å²) in [5.41, 5.74) is 0.331. The zero-order chi connectivity index (χ0) is 6.69. The average Bonchev–Trinajstić information content (AvgIpc) is 1.90. The van der Waals surface area contributed by atoms with E-state index in [1.54, 1.807) is 30.3 Å². The molecule has 0 aliphatic heterocycles. The first-order valence-electron chi connectivity index (χ1n) is 2.59. The van der Waals surface area contributed by atoms with Gasteiger partial charge < -0.3 is 11.3 Å². The summed E-state index contributed by atoms with van der Waals surface area (Å²) in [5, 5.41) is 8.38. The summed E-state index contributed by atoms with van der Waals surface area (Å²) in [6, 6.07) is 8.30. The van der Waals surface area contributed by atoms with Crippen molar-refractivity contribution in [3.05, 3.63) is 35.9 Å². The molecule has 0 unspecified atom stereocenters. The predicted molar refractivity (Wildman–Crippen MR) is 52.7 cm³/mol. The first-order valence-corrected chi connectivity index (χ1v) is 2.59. The molecular weight excluding hydrogens is 176 g/mol. The van der Waals surface area contributed by atoms with Crippen molar-refractivity contribution in [2.75, 3.05) is 0 Å². The van der Waals surface area contributed by atoms with Gasteiger partial charge in [0.1, 0.15) is 0 Å². The van der Waals surface area contributed by atoms with Crippen molar-refractivity contribution in [1.82, 2.24) is 6.15 Å². The molecule has 58 valence electrons. The van der Waals surface area contributed by atoms with Crippen molar-refractivity contribution in [2.24, 2.45) is 0 Å². The molecule has 5 heteroatoms. The summed E-state index contributed by atoms with van der Waals surface area (Å²) >= 11 is 0. The van der Waals surface area contributed by atoms with Crippen LogP contribution >= 0.6 is 0 Å². The number of hydrogen-bond donors (Lipinski definition) is 2. The Morgan fingerprint density at radius 1 is 1.08 bits per heavy atom. The number of carboxylic acid groups (broad SMARTS) is 1. The number of carboxylic acids is 1. The van der Waals surface area contributed by atoms with Crippen LogP contribution in [0.1, 0.15) is 10.4 Å². The third-order valence-corrected chi connectivity index (χ3v) is 1.02. The van der Waals surface area contributed by atoms with Crippen LogP contribution in [0.5, 0.6) is 0 Å². The van der Waals surface area contributed by atoms with E-state index in [0.717, 1.165) is 0 Å². The maximum absolute atomic E-state index is 10.2. The normalized spacial score (nSPS) is 6.67. The van der Waals surface area contributed by atoms with Crippen LogP contribution in [0.25, 0.3) is 0 Å². The molecule has 0 aliphatic carbocycles. The zero-order valence-electron chi connectivity index (χ0n) is 5.45. The maximum atomic E-state index is 10.2. The minimum atomic E-state index is -0.879. The number of rotatable bonds is 1. The molecule has 0 aliphatic rings. The molecule has 4 N–H and O–H groups in total. The fourth-order valence-corrected chi connectivity index (χ4v) is 0.581. The number of aromatic carboxylic acids is 1. The van der Waals surface area contributed by atoms with Gasteiger partial charge >= 0.3 is 65.1 Å². The van der Waals surface area contributed by atoms with Gasteiger partial charge in [-0.25, -0.2) is 4.79 Å².